The normalized spacial score (nSPS) is 9.45. The van der Waals surface area contributed by atoms with E-state index in [1.807, 2.05) is 0 Å². The van der Waals surface area contributed by atoms with Gasteiger partial charge < -0.3 is 7.74 Å². The molecule has 0 aliphatic heterocycles. The maximum atomic E-state index is 5.98. The van der Waals surface area contributed by atoms with Crippen molar-refractivity contribution in [1.29, 1.82) is 0 Å². The van der Waals surface area contributed by atoms with Gasteiger partial charge in [-0.25, -0.2) is 6.39 Å². The van der Waals surface area contributed by atoms with Gasteiger partial charge in [-0.15, -0.1) is 0 Å². The highest BCUT2D eigenvalue weighted by Crippen LogP contribution is 2.09. The molecule has 94 valence electrons. The molecular formula is B31-. The van der Waals surface area contributed by atoms with Crippen molar-refractivity contribution in [2.24, 2.45) is 0 Å². The molecule has 0 amide bonds. The molecule has 0 aromatic carbocycles. The zero-order chi connectivity index (χ0) is 24.8. The van der Waals surface area contributed by atoms with Crippen molar-refractivity contribution in [2.45, 2.75) is 0 Å². The van der Waals surface area contributed by atoms with Crippen LogP contribution in [-0.4, -0.2) is 220 Å². The Bertz CT molecular complexity index is 337. The summed E-state index contributed by atoms with van der Waals surface area (Å²) in [6.07, 6.45) is -12.7. The molecule has 0 bridgehead atoms. The van der Waals surface area contributed by atoms with Crippen molar-refractivity contribution >= 4 is 220 Å². The van der Waals surface area contributed by atoms with Crippen LogP contribution in [0, 0.1) is 0 Å². The Morgan fingerprint density at radius 1 is 0.355 bits per heavy atom. The monoisotopic (exact) mass is 341 g/mol. The van der Waals surface area contributed by atoms with Crippen molar-refractivity contribution < 1.29 is 0 Å². The zero-order valence-electron chi connectivity index (χ0n) is 17.9. The summed E-state index contributed by atoms with van der Waals surface area (Å²) in [5.41, 5.74) is 0. The average Bonchev–Trinajstić information content (AvgIpc) is 2.51. The molecule has 0 spiro atoms. The zero-order valence-corrected chi connectivity index (χ0v) is 17.9. The first-order chi connectivity index (χ1) is 14.1. The van der Waals surface area contributed by atoms with E-state index >= 15 is 0 Å². The summed E-state index contributed by atoms with van der Waals surface area (Å²) in [5, 5.41) is 0. The van der Waals surface area contributed by atoms with E-state index in [2.05, 4.69) is 0 Å². The Kier molecular flexibility index (Phi) is 16.2. The molecule has 0 nitrogen and oxygen atoms in total. The van der Waals surface area contributed by atoms with E-state index in [0.717, 1.165) is 0 Å². The second-order valence-corrected chi connectivity index (χ2v) is 8.28. The van der Waals surface area contributed by atoms with E-state index in [1.54, 1.807) is 7.06 Å². The molecule has 31 heavy (non-hydrogen) atoms. The largest absolute Gasteiger partial charge is 0.687 e. The van der Waals surface area contributed by atoms with Gasteiger partial charge in [-0.05, 0) is 206 Å². The molecule has 0 saturated heterocycles. The van der Waals surface area contributed by atoms with Crippen molar-refractivity contribution in [3.8, 4) is 0 Å². The van der Waals surface area contributed by atoms with Gasteiger partial charge in [0.2, 0.25) is 0 Å². The first kappa shape index (κ1) is 33.0. The van der Waals surface area contributed by atoms with E-state index in [-0.39, 0.29) is 0 Å². The highest BCUT2D eigenvalue weighted by atomic mass is 13.3. The average molecular weight is 335 g/mol. The van der Waals surface area contributed by atoms with Crippen molar-refractivity contribution in [2.75, 3.05) is 0 Å². The van der Waals surface area contributed by atoms with Crippen LogP contribution >= 0.6 is 0 Å². The molecule has 0 aliphatic rings. The fourth-order valence-corrected chi connectivity index (χ4v) is 4.36. The Labute approximate surface area is 219 Å². The maximum Gasteiger partial charge on any atom is -0.0000000000000853 e. The maximum absolute atomic E-state index is 5.98. The number of hydrogen-bond donors (Lipinski definition) is 0. The minimum absolute atomic E-state index is 0.759. The Balaban J connectivity index is 6.71. The number of rotatable bonds is 14. The van der Waals surface area contributed by atoms with Gasteiger partial charge in [0.1, 0.15) is 0 Å². The number of hydrogen-bond acceptors (Lipinski definition) is 0. The van der Waals surface area contributed by atoms with Crippen LogP contribution < -0.4 is 0 Å². The topological polar surface area (TPSA) is 0 Å². The highest BCUT2D eigenvalue weighted by Gasteiger charge is 2.46. The fourth-order valence-electron chi connectivity index (χ4n) is 4.36. The lowest BCUT2D eigenvalue weighted by molar-refractivity contribution is 3.31. The predicted octanol–water partition coefficient (Wildman–Crippen LogP) is -11.8. The molecule has 0 N–H and O–H groups in total. The third-order valence-corrected chi connectivity index (χ3v) is 5.78. The van der Waals surface area contributed by atoms with Crippen LogP contribution in [0.5, 0.6) is 0 Å². The van der Waals surface area contributed by atoms with Gasteiger partial charge in [-0.1, -0.05) is 0 Å². The van der Waals surface area contributed by atoms with Crippen LogP contribution in [-0.2, 0) is 0 Å². The first-order valence-corrected chi connectivity index (χ1v) is 10.0. The third kappa shape index (κ3) is 9.88. The highest BCUT2D eigenvalue weighted by molar-refractivity contribution is 8.22. The van der Waals surface area contributed by atoms with E-state index in [1.165, 1.54) is 0 Å². The summed E-state index contributed by atoms with van der Waals surface area (Å²) in [4.78, 5) is 0. The van der Waals surface area contributed by atoms with E-state index in [4.69, 9.17) is 124 Å². The van der Waals surface area contributed by atoms with Crippen LogP contribution in [0.3, 0.4) is 0 Å². The third-order valence-electron chi connectivity index (χ3n) is 5.78. The van der Waals surface area contributed by atoms with Gasteiger partial charge in [0, 0.05) is 0 Å². The summed E-state index contributed by atoms with van der Waals surface area (Å²) in [6.45, 7) is 0. The second-order valence-electron chi connectivity index (χ2n) is 8.28. The summed E-state index contributed by atoms with van der Waals surface area (Å²) < 4.78 is 0. The van der Waals surface area contributed by atoms with Gasteiger partial charge in [0.25, 0.3) is 0 Å². The lowest BCUT2D eigenvalue weighted by atomic mass is 8.36. The second kappa shape index (κ2) is 15.2. The molecule has 31 heteroatoms. The summed E-state index contributed by atoms with van der Waals surface area (Å²) in [7, 11) is 97.4. The van der Waals surface area contributed by atoms with Gasteiger partial charge in [-0.3, -0.25) is 0 Å². The van der Waals surface area contributed by atoms with Crippen LogP contribution in [0.2, 0.25) is 0 Å². The molecule has 0 aromatic rings. The van der Waals surface area contributed by atoms with E-state index in [9.17, 15) is 0 Å². The minimum atomic E-state index is -1.00. The van der Waals surface area contributed by atoms with Gasteiger partial charge >= 0.3 is 0 Å². The molecule has 0 unspecified atom stereocenters. The molecule has 0 atom stereocenters. The first-order valence-electron chi connectivity index (χ1n) is 10.0. The fraction of sp³-hybridized carbons (Fsp3) is 0. The molecule has 34 radical (unpaired) electrons. The molecule has 0 aromatic heterocycles. The van der Waals surface area contributed by atoms with Gasteiger partial charge in [0.15, 0.2) is 0 Å². The van der Waals surface area contributed by atoms with Crippen molar-refractivity contribution in [1.82, 2.24) is 0 Å². The van der Waals surface area contributed by atoms with E-state index < -0.39 is 89.4 Å². The SMILES string of the molecule is [B]B([B])B(B([B])[B])B([B]B(B(B([B])[B])B([B])[B])B(B([B])[B])B([B])[B-])B(B([B])[B])B([B])[B]. The Morgan fingerprint density at radius 2 is 0.548 bits per heavy atom. The summed E-state index contributed by atoms with van der Waals surface area (Å²) in [6, 6.07) is 0. The van der Waals surface area contributed by atoms with Crippen molar-refractivity contribution in [3.05, 3.63) is 0 Å². The molecular weight excluding hydrogens is 335 g/mol. The molecule has 0 heterocycles. The van der Waals surface area contributed by atoms with Crippen LogP contribution in [0.1, 0.15) is 0 Å². The predicted molar refractivity (Wildman–Crippen MR) is 178 cm³/mol. The minimum Gasteiger partial charge on any atom is -0.687 e. The molecule has 0 saturated carbocycles. The van der Waals surface area contributed by atoms with Crippen molar-refractivity contribution in [3.63, 3.8) is 0 Å². The van der Waals surface area contributed by atoms with Crippen LogP contribution in [0.4, 0.5) is 0 Å². The molecule has 0 rings (SSSR count). The lowest BCUT2D eigenvalue weighted by Gasteiger charge is -2.47. The smallest absolute Gasteiger partial charge is 0.0000000000000853 e. The van der Waals surface area contributed by atoms with Gasteiger partial charge in [0.05, 0.1) is 0 Å². The Hall–Kier alpha value is 2.01. The molecule has 0 aliphatic carbocycles. The van der Waals surface area contributed by atoms with Crippen LogP contribution in [0.15, 0.2) is 0 Å². The summed E-state index contributed by atoms with van der Waals surface area (Å²) >= 11 is 0. The van der Waals surface area contributed by atoms with E-state index in [0.29, 0.717) is 0 Å². The lowest BCUT2D eigenvalue weighted by Crippen LogP contribution is -2.83. The quantitative estimate of drug-likeness (QED) is 0.277. The van der Waals surface area contributed by atoms with Gasteiger partial charge in [-0.2, -0.15) is 0 Å². The Morgan fingerprint density at radius 3 is 0.710 bits per heavy atom. The standard InChI is InChI=1S/B31/c1-18(2)28(19(3)4)26(29(20(5)6)21(7)8)17-27(30(22(9)10)23(11)12)31(24(13)14)25(15)16/q-1. The van der Waals surface area contributed by atoms with Crippen LogP contribution in [0.25, 0.3) is 0 Å². The molecule has 0 fully saturated rings. The summed E-state index contributed by atoms with van der Waals surface area (Å²) in [5.74, 6) is 0.